The number of amides is 1. The summed E-state index contributed by atoms with van der Waals surface area (Å²) in [7, 11) is 1.96. The highest BCUT2D eigenvalue weighted by molar-refractivity contribution is 5.90. The Bertz CT molecular complexity index is 1220. The Kier molecular flexibility index (Phi) is 8.67. The van der Waals surface area contributed by atoms with E-state index in [1.54, 1.807) is 16.8 Å². The van der Waals surface area contributed by atoms with Crippen LogP contribution in [0.3, 0.4) is 0 Å². The topological polar surface area (TPSA) is 139 Å². The number of aliphatic hydroxyl groups is 2. The van der Waals surface area contributed by atoms with E-state index in [0.717, 1.165) is 31.5 Å². The molecule has 10 nitrogen and oxygen atoms in total. The summed E-state index contributed by atoms with van der Waals surface area (Å²) < 4.78 is 7.65. The number of nitrogens with two attached hydrogens (primary N) is 1. The van der Waals surface area contributed by atoms with Gasteiger partial charge in [-0.2, -0.15) is 0 Å². The van der Waals surface area contributed by atoms with Crippen molar-refractivity contribution in [3.8, 4) is 0 Å². The van der Waals surface area contributed by atoms with Crippen LogP contribution in [-0.2, 0) is 14.9 Å². The number of nitrogen functional groups attached to an aromatic ring is 1. The van der Waals surface area contributed by atoms with E-state index in [1.807, 2.05) is 19.2 Å². The number of pyridine rings is 1. The van der Waals surface area contributed by atoms with Gasteiger partial charge in [0.25, 0.3) is 0 Å². The number of carbonyl (C=O) groups is 1. The summed E-state index contributed by atoms with van der Waals surface area (Å²) in [6, 6.07) is 9.69. The third-order valence-corrected chi connectivity index (χ3v) is 7.07. The molecule has 1 fully saturated rings. The quantitative estimate of drug-likeness (QED) is 0.297. The molecule has 0 bridgehead atoms. The molecule has 0 aliphatic carbocycles. The monoisotopic (exact) mass is 524 g/mol. The van der Waals surface area contributed by atoms with E-state index in [-0.39, 0.29) is 11.3 Å². The fourth-order valence-corrected chi connectivity index (χ4v) is 4.77. The Morgan fingerprint density at radius 1 is 1.11 bits per heavy atom. The Hall–Kier alpha value is -3.05. The van der Waals surface area contributed by atoms with Crippen LogP contribution in [0.25, 0.3) is 11.2 Å². The second-order valence-electron chi connectivity index (χ2n) is 11.2. The van der Waals surface area contributed by atoms with Crippen molar-refractivity contribution in [1.29, 1.82) is 0 Å². The second-order valence-corrected chi connectivity index (χ2v) is 11.2. The lowest BCUT2D eigenvalue weighted by Gasteiger charge is -2.22. The molecule has 2 aromatic heterocycles. The van der Waals surface area contributed by atoms with Crippen molar-refractivity contribution in [3.05, 3.63) is 48.4 Å². The van der Waals surface area contributed by atoms with Crippen molar-refractivity contribution < 1.29 is 19.7 Å². The first-order chi connectivity index (χ1) is 18.0. The largest absolute Gasteiger partial charge is 0.397 e. The first-order valence-corrected chi connectivity index (χ1v) is 13.2. The fourth-order valence-electron chi connectivity index (χ4n) is 4.77. The normalized spacial score (nSPS) is 21.9. The SMILES string of the molecule is CN(CCCCCC(=O)Nc1ccc(C(C)(C)C)cc1)C[C@H]1O[C@@H](n2cnc3c(N)ccnc32)C(O)C1O. The van der Waals surface area contributed by atoms with Crippen LogP contribution in [0, 0.1) is 0 Å². The number of nitrogens with zero attached hydrogens (tertiary/aromatic N) is 4. The Morgan fingerprint density at radius 3 is 2.55 bits per heavy atom. The molecule has 0 spiro atoms. The van der Waals surface area contributed by atoms with Crippen molar-refractivity contribution >= 4 is 28.4 Å². The third-order valence-electron chi connectivity index (χ3n) is 7.07. The van der Waals surface area contributed by atoms with Gasteiger partial charge in [-0.1, -0.05) is 39.3 Å². The van der Waals surface area contributed by atoms with Gasteiger partial charge in [0.1, 0.15) is 23.8 Å². The third kappa shape index (κ3) is 6.50. The summed E-state index contributed by atoms with van der Waals surface area (Å²) in [6.07, 6.45) is 2.68. The van der Waals surface area contributed by atoms with E-state index < -0.39 is 24.5 Å². The lowest BCUT2D eigenvalue weighted by Crippen LogP contribution is -2.38. The molecule has 1 aliphatic rings. The van der Waals surface area contributed by atoms with Gasteiger partial charge in [-0.3, -0.25) is 9.36 Å². The van der Waals surface area contributed by atoms with Crippen LogP contribution in [0.5, 0.6) is 0 Å². The highest BCUT2D eigenvalue weighted by Crippen LogP contribution is 2.32. The summed E-state index contributed by atoms with van der Waals surface area (Å²) in [5.41, 5.74) is 9.63. The summed E-state index contributed by atoms with van der Waals surface area (Å²) >= 11 is 0. The van der Waals surface area contributed by atoms with E-state index in [9.17, 15) is 15.0 Å². The molecule has 4 rings (SSSR count). The minimum atomic E-state index is -1.11. The number of aliphatic hydroxyl groups excluding tert-OH is 2. The molecule has 1 aromatic carbocycles. The summed E-state index contributed by atoms with van der Waals surface area (Å²) in [5.74, 6) is 0.0210. The van der Waals surface area contributed by atoms with Crippen LogP contribution in [0.1, 0.15) is 58.2 Å². The van der Waals surface area contributed by atoms with E-state index in [1.165, 1.54) is 11.9 Å². The molecule has 0 radical (unpaired) electrons. The van der Waals surface area contributed by atoms with Crippen molar-refractivity contribution in [1.82, 2.24) is 19.4 Å². The molecule has 5 N–H and O–H groups in total. The number of hydrogen-bond donors (Lipinski definition) is 4. The van der Waals surface area contributed by atoms with E-state index in [0.29, 0.717) is 29.8 Å². The van der Waals surface area contributed by atoms with Crippen molar-refractivity contribution in [3.63, 3.8) is 0 Å². The van der Waals surface area contributed by atoms with Gasteiger partial charge in [-0.15, -0.1) is 0 Å². The smallest absolute Gasteiger partial charge is 0.224 e. The maximum Gasteiger partial charge on any atom is 0.224 e. The molecule has 1 saturated heterocycles. The lowest BCUT2D eigenvalue weighted by atomic mass is 9.87. The summed E-state index contributed by atoms with van der Waals surface area (Å²) in [6.45, 7) is 7.74. The van der Waals surface area contributed by atoms with Gasteiger partial charge >= 0.3 is 0 Å². The zero-order valence-corrected chi connectivity index (χ0v) is 22.7. The molecule has 1 amide bonds. The van der Waals surface area contributed by atoms with Gasteiger partial charge in [0.15, 0.2) is 11.9 Å². The number of carbonyl (C=O) groups excluding carboxylic acids is 1. The molecule has 206 valence electrons. The number of ether oxygens (including phenoxy) is 1. The molecule has 0 saturated carbocycles. The zero-order valence-electron chi connectivity index (χ0n) is 22.7. The van der Waals surface area contributed by atoms with Crippen LogP contribution in [0.4, 0.5) is 11.4 Å². The number of imidazole rings is 1. The number of benzene rings is 1. The van der Waals surface area contributed by atoms with E-state index >= 15 is 0 Å². The number of anilines is 2. The number of likely N-dealkylation sites (N-methyl/N-ethyl adjacent to an activating group) is 1. The van der Waals surface area contributed by atoms with Gasteiger partial charge in [0.05, 0.1) is 12.0 Å². The molecule has 4 atom stereocenters. The Balaban J connectivity index is 1.17. The van der Waals surface area contributed by atoms with E-state index in [2.05, 4.69) is 53.1 Å². The molecular weight excluding hydrogens is 484 g/mol. The van der Waals surface area contributed by atoms with Gasteiger partial charge < -0.3 is 30.9 Å². The standard InChI is InChI=1S/C28H40N6O4/c1-28(2,3)18-9-11-19(12-10-18)32-22(35)8-6-5-7-15-33(4)16-21-24(36)25(37)27(38-21)34-17-31-23-20(29)13-14-30-26(23)34/h9-14,17,21,24-25,27,36-37H,5-8,15-16H2,1-4H3,(H2,29,30)(H,32,35)/t21-,24?,25?,27-/m1/s1. The maximum absolute atomic E-state index is 12.3. The molecule has 3 aromatic rings. The number of fused-ring (bicyclic) bond motifs is 1. The molecular formula is C28H40N6O4. The maximum atomic E-state index is 12.3. The van der Waals surface area contributed by atoms with Gasteiger partial charge in [-0.05, 0) is 55.6 Å². The first kappa shape index (κ1) is 28.0. The Labute approximate surface area is 223 Å². The highest BCUT2D eigenvalue weighted by Gasteiger charge is 2.44. The predicted molar refractivity (Wildman–Crippen MR) is 148 cm³/mol. The van der Waals surface area contributed by atoms with Crippen molar-refractivity contribution in [2.24, 2.45) is 0 Å². The molecule has 10 heteroatoms. The number of hydrogen-bond acceptors (Lipinski definition) is 8. The van der Waals surface area contributed by atoms with Crippen LogP contribution >= 0.6 is 0 Å². The second kappa shape index (κ2) is 11.8. The fraction of sp³-hybridized carbons (Fsp3) is 0.536. The van der Waals surface area contributed by atoms with Gasteiger partial charge in [0.2, 0.25) is 5.91 Å². The minimum Gasteiger partial charge on any atom is -0.397 e. The summed E-state index contributed by atoms with van der Waals surface area (Å²) in [5, 5.41) is 24.3. The zero-order chi connectivity index (χ0) is 27.4. The average Bonchev–Trinajstić information content (AvgIpc) is 3.41. The minimum absolute atomic E-state index is 0.0210. The van der Waals surface area contributed by atoms with Crippen molar-refractivity contribution in [2.45, 2.75) is 76.4 Å². The lowest BCUT2D eigenvalue weighted by molar-refractivity contribution is -0.116. The van der Waals surface area contributed by atoms with Crippen LogP contribution in [0.2, 0.25) is 0 Å². The van der Waals surface area contributed by atoms with E-state index in [4.69, 9.17) is 10.5 Å². The van der Waals surface area contributed by atoms with Crippen LogP contribution in [0.15, 0.2) is 42.9 Å². The first-order valence-electron chi connectivity index (χ1n) is 13.2. The molecule has 1 aliphatic heterocycles. The average molecular weight is 525 g/mol. The summed E-state index contributed by atoms with van der Waals surface area (Å²) in [4.78, 5) is 23.0. The van der Waals surface area contributed by atoms with Crippen molar-refractivity contribution in [2.75, 3.05) is 31.2 Å². The predicted octanol–water partition coefficient (Wildman–Crippen LogP) is 3.06. The van der Waals surface area contributed by atoms with Gasteiger partial charge in [-0.25, -0.2) is 9.97 Å². The molecule has 2 unspecified atom stereocenters. The molecule has 38 heavy (non-hydrogen) atoms. The highest BCUT2D eigenvalue weighted by atomic mass is 16.6. The molecule has 3 heterocycles. The van der Waals surface area contributed by atoms with Crippen LogP contribution < -0.4 is 11.1 Å². The number of rotatable bonds is 10. The Morgan fingerprint density at radius 2 is 1.84 bits per heavy atom. The number of aromatic nitrogens is 3. The number of unbranched alkanes of at least 4 members (excludes halogenated alkanes) is 2. The number of nitrogens with one attached hydrogen (secondary N) is 1. The van der Waals surface area contributed by atoms with Crippen LogP contribution in [-0.4, -0.2) is 74.0 Å². The van der Waals surface area contributed by atoms with Gasteiger partial charge in [0, 0.05) is 24.8 Å².